The summed E-state index contributed by atoms with van der Waals surface area (Å²) in [5.74, 6) is 0.672. The van der Waals surface area contributed by atoms with Gasteiger partial charge in [0, 0.05) is 17.1 Å². The lowest BCUT2D eigenvalue weighted by atomic mass is 10.1. The van der Waals surface area contributed by atoms with Gasteiger partial charge in [-0.25, -0.2) is 0 Å². The topological polar surface area (TPSA) is 64.4 Å². The average Bonchev–Trinajstić information content (AvgIpc) is 2.52. The molecule has 0 saturated carbocycles. The van der Waals surface area contributed by atoms with E-state index in [4.69, 9.17) is 22.1 Å². The second-order valence-corrected chi connectivity index (χ2v) is 5.83. The summed E-state index contributed by atoms with van der Waals surface area (Å²) in [4.78, 5) is 11.9. The second kappa shape index (κ2) is 8.44. The van der Waals surface area contributed by atoms with Gasteiger partial charge in [-0.15, -0.1) is 0 Å². The van der Waals surface area contributed by atoms with E-state index in [0.717, 1.165) is 11.3 Å². The fourth-order valence-electron chi connectivity index (χ4n) is 2.17. The molecule has 2 aromatic rings. The monoisotopic (exact) mass is 332 g/mol. The van der Waals surface area contributed by atoms with Crippen LogP contribution in [0.4, 0.5) is 5.69 Å². The lowest BCUT2D eigenvalue weighted by Crippen LogP contribution is -2.33. The average molecular weight is 333 g/mol. The zero-order valence-electron chi connectivity index (χ0n) is 13.1. The van der Waals surface area contributed by atoms with Crippen molar-refractivity contribution in [2.75, 3.05) is 12.3 Å². The Balaban J connectivity index is 1.72. The number of ether oxygens (including phenoxy) is 1. The number of amides is 1. The van der Waals surface area contributed by atoms with Crippen LogP contribution < -0.4 is 15.8 Å². The maximum atomic E-state index is 11.9. The van der Waals surface area contributed by atoms with Crippen LogP contribution in [0.5, 0.6) is 5.75 Å². The highest BCUT2D eigenvalue weighted by Gasteiger charge is 2.08. The molecular formula is C18H21ClN2O2. The molecule has 23 heavy (non-hydrogen) atoms. The molecule has 0 bridgehead atoms. The normalized spacial score (nSPS) is 11.7. The third-order valence-corrected chi connectivity index (χ3v) is 3.63. The predicted molar refractivity (Wildman–Crippen MR) is 93.7 cm³/mol. The van der Waals surface area contributed by atoms with E-state index in [-0.39, 0.29) is 12.0 Å². The fourth-order valence-corrected chi connectivity index (χ4v) is 2.35. The first-order valence-corrected chi connectivity index (χ1v) is 7.94. The molecule has 1 unspecified atom stereocenters. The van der Waals surface area contributed by atoms with Crippen LogP contribution >= 0.6 is 11.6 Å². The molecule has 122 valence electrons. The highest BCUT2D eigenvalue weighted by atomic mass is 35.5. The third kappa shape index (κ3) is 5.83. The van der Waals surface area contributed by atoms with Gasteiger partial charge in [-0.2, -0.15) is 0 Å². The second-order valence-electron chi connectivity index (χ2n) is 5.39. The highest BCUT2D eigenvalue weighted by molar-refractivity contribution is 6.30. The molecule has 0 saturated heterocycles. The van der Waals surface area contributed by atoms with Crippen molar-refractivity contribution in [3.63, 3.8) is 0 Å². The summed E-state index contributed by atoms with van der Waals surface area (Å²) in [6.07, 6.45) is 0.888. The number of rotatable bonds is 7. The van der Waals surface area contributed by atoms with Crippen molar-refractivity contribution in [3.8, 4) is 5.75 Å². The summed E-state index contributed by atoms with van der Waals surface area (Å²) >= 11 is 5.91. The zero-order valence-corrected chi connectivity index (χ0v) is 13.8. The number of carbonyl (C=O) groups is 1. The molecule has 0 aromatic heterocycles. The molecule has 2 aromatic carbocycles. The molecule has 0 spiro atoms. The smallest absolute Gasteiger partial charge is 0.220 e. The van der Waals surface area contributed by atoms with Crippen LogP contribution in [0, 0.1) is 0 Å². The Morgan fingerprint density at radius 1 is 1.26 bits per heavy atom. The number of nitrogen functional groups attached to an aromatic ring is 1. The quantitative estimate of drug-likeness (QED) is 0.763. The van der Waals surface area contributed by atoms with E-state index in [2.05, 4.69) is 5.32 Å². The summed E-state index contributed by atoms with van der Waals surface area (Å²) in [6, 6.07) is 14.8. The number of nitrogens with two attached hydrogens (primary N) is 1. The van der Waals surface area contributed by atoms with Crippen molar-refractivity contribution in [1.29, 1.82) is 0 Å². The minimum absolute atomic E-state index is 0.0187. The van der Waals surface area contributed by atoms with Crippen molar-refractivity contribution >= 4 is 23.2 Å². The van der Waals surface area contributed by atoms with E-state index in [1.54, 1.807) is 12.1 Å². The largest absolute Gasteiger partial charge is 0.489 e. The lowest BCUT2D eigenvalue weighted by molar-refractivity contribution is -0.121. The zero-order chi connectivity index (χ0) is 16.7. The van der Waals surface area contributed by atoms with E-state index >= 15 is 0 Å². The van der Waals surface area contributed by atoms with Crippen LogP contribution in [-0.4, -0.2) is 18.6 Å². The molecule has 1 amide bonds. The SMILES string of the molecule is CC(CNC(=O)CCc1ccccc1N)Oc1cccc(Cl)c1. The Labute approximate surface area is 141 Å². The van der Waals surface area contributed by atoms with Gasteiger partial charge < -0.3 is 15.8 Å². The fraction of sp³-hybridized carbons (Fsp3) is 0.278. The molecule has 3 N–H and O–H groups in total. The van der Waals surface area contributed by atoms with Crippen molar-refractivity contribution in [2.45, 2.75) is 25.9 Å². The van der Waals surface area contributed by atoms with Gasteiger partial charge in [0.25, 0.3) is 0 Å². The molecule has 0 aliphatic heterocycles. The summed E-state index contributed by atoms with van der Waals surface area (Å²) in [5.41, 5.74) is 7.58. The molecular weight excluding hydrogens is 312 g/mol. The van der Waals surface area contributed by atoms with Crippen LogP contribution in [-0.2, 0) is 11.2 Å². The van der Waals surface area contributed by atoms with Crippen LogP contribution in [0.2, 0.25) is 5.02 Å². The summed E-state index contributed by atoms with van der Waals surface area (Å²) in [7, 11) is 0. The lowest BCUT2D eigenvalue weighted by Gasteiger charge is -2.15. The molecule has 1 atom stereocenters. The predicted octanol–water partition coefficient (Wildman–Crippen LogP) is 3.44. The van der Waals surface area contributed by atoms with Gasteiger partial charge in [0.1, 0.15) is 11.9 Å². The van der Waals surface area contributed by atoms with Gasteiger partial charge in [0.15, 0.2) is 0 Å². The molecule has 5 heteroatoms. The first-order valence-electron chi connectivity index (χ1n) is 7.57. The van der Waals surface area contributed by atoms with Crippen molar-refractivity contribution < 1.29 is 9.53 Å². The Bertz CT molecular complexity index is 661. The number of carbonyl (C=O) groups excluding carboxylic acids is 1. The molecule has 0 aliphatic rings. The third-order valence-electron chi connectivity index (χ3n) is 3.40. The molecule has 0 radical (unpaired) electrons. The van der Waals surface area contributed by atoms with Crippen LogP contribution in [0.25, 0.3) is 0 Å². The number of halogens is 1. The minimum Gasteiger partial charge on any atom is -0.489 e. The van der Waals surface area contributed by atoms with Crippen molar-refractivity contribution in [3.05, 3.63) is 59.1 Å². The van der Waals surface area contributed by atoms with E-state index in [1.165, 1.54) is 0 Å². The first-order chi connectivity index (χ1) is 11.0. The van der Waals surface area contributed by atoms with Gasteiger partial charge in [0.05, 0.1) is 6.54 Å². The van der Waals surface area contributed by atoms with E-state index in [9.17, 15) is 4.79 Å². The summed E-state index contributed by atoms with van der Waals surface area (Å²) in [6.45, 7) is 2.34. The molecule has 0 fully saturated rings. The Morgan fingerprint density at radius 3 is 2.78 bits per heavy atom. The number of benzene rings is 2. The summed E-state index contributed by atoms with van der Waals surface area (Å²) in [5, 5.41) is 3.49. The highest BCUT2D eigenvalue weighted by Crippen LogP contribution is 2.18. The van der Waals surface area contributed by atoms with E-state index in [0.29, 0.717) is 30.2 Å². The van der Waals surface area contributed by atoms with Crippen molar-refractivity contribution in [2.24, 2.45) is 0 Å². The maximum absolute atomic E-state index is 11.9. The van der Waals surface area contributed by atoms with Crippen molar-refractivity contribution in [1.82, 2.24) is 5.32 Å². The van der Waals surface area contributed by atoms with Crippen LogP contribution in [0.3, 0.4) is 0 Å². The molecule has 4 nitrogen and oxygen atoms in total. The van der Waals surface area contributed by atoms with Gasteiger partial charge in [-0.1, -0.05) is 35.9 Å². The maximum Gasteiger partial charge on any atom is 0.220 e. The van der Waals surface area contributed by atoms with Gasteiger partial charge >= 0.3 is 0 Å². The number of hydrogen-bond donors (Lipinski definition) is 2. The number of para-hydroxylation sites is 1. The van der Waals surface area contributed by atoms with E-state index in [1.807, 2.05) is 43.3 Å². The molecule has 0 aliphatic carbocycles. The standard InChI is InChI=1S/C18H21ClN2O2/c1-13(23-16-7-4-6-15(19)11-16)12-21-18(22)10-9-14-5-2-3-8-17(14)20/h2-8,11,13H,9-10,12,20H2,1H3,(H,21,22). The molecule has 0 heterocycles. The van der Waals surface area contributed by atoms with Crippen LogP contribution in [0.15, 0.2) is 48.5 Å². The van der Waals surface area contributed by atoms with Gasteiger partial charge in [0.2, 0.25) is 5.91 Å². The summed E-state index contributed by atoms with van der Waals surface area (Å²) < 4.78 is 5.71. The van der Waals surface area contributed by atoms with E-state index < -0.39 is 0 Å². The Morgan fingerprint density at radius 2 is 2.04 bits per heavy atom. The van der Waals surface area contributed by atoms with Gasteiger partial charge in [-0.3, -0.25) is 4.79 Å². The Kier molecular flexibility index (Phi) is 6.29. The minimum atomic E-state index is -0.140. The number of nitrogens with one attached hydrogen (secondary N) is 1. The molecule has 2 rings (SSSR count). The van der Waals surface area contributed by atoms with Gasteiger partial charge in [-0.05, 0) is 43.2 Å². The Hall–Kier alpha value is -2.20. The first kappa shape index (κ1) is 17.2. The number of aryl methyl sites for hydroxylation is 1. The number of anilines is 1. The van der Waals surface area contributed by atoms with Crippen LogP contribution in [0.1, 0.15) is 18.9 Å². The number of hydrogen-bond acceptors (Lipinski definition) is 3.